The van der Waals surface area contributed by atoms with Crippen LogP contribution in [0.2, 0.25) is 0 Å². The number of halogens is 1. The van der Waals surface area contributed by atoms with E-state index in [1.807, 2.05) is 12.1 Å². The molecule has 1 aliphatic heterocycles. The molecule has 0 radical (unpaired) electrons. The van der Waals surface area contributed by atoms with Gasteiger partial charge in [-0.2, -0.15) is 0 Å². The van der Waals surface area contributed by atoms with Crippen LogP contribution in [0.1, 0.15) is 12.0 Å². The highest BCUT2D eigenvalue weighted by molar-refractivity contribution is 9.09. The molecule has 0 aromatic heterocycles. The Morgan fingerprint density at radius 3 is 3.00 bits per heavy atom. The summed E-state index contributed by atoms with van der Waals surface area (Å²) in [6.45, 7) is 1.74. The second-order valence-corrected chi connectivity index (χ2v) is 5.03. The van der Waals surface area contributed by atoms with Crippen LogP contribution in [0.3, 0.4) is 0 Å². The highest BCUT2D eigenvalue weighted by atomic mass is 79.9. The van der Waals surface area contributed by atoms with Crippen molar-refractivity contribution in [2.24, 2.45) is 5.41 Å². The molecule has 0 saturated carbocycles. The van der Waals surface area contributed by atoms with E-state index in [-0.39, 0.29) is 5.41 Å². The van der Waals surface area contributed by atoms with E-state index in [0.29, 0.717) is 0 Å². The van der Waals surface area contributed by atoms with Gasteiger partial charge in [-0.1, -0.05) is 28.1 Å². The number of hydrogen-bond donors (Lipinski definition) is 0. The number of hydrogen-bond acceptors (Lipinski definition) is 2. The predicted octanol–water partition coefficient (Wildman–Crippen LogP) is 3.04. The predicted molar refractivity (Wildman–Crippen MR) is 68.4 cm³/mol. The molecule has 1 heterocycles. The van der Waals surface area contributed by atoms with Gasteiger partial charge < -0.3 is 9.47 Å². The van der Waals surface area contributed by atoms with Gasteiger partial charge in [0, 0.05) is 17.4 Å². The Bertz CT molecular complexity index is 346. The average molecular weight is 285 g/mol. The third kappa shape index (κ3) is 2.58. The van der Waals surface area contributed by atoms with Crippen molar-refractivity contribution < 1.29 is 9.47 Å². The number of rotatable bonds is 4. The van der Waals surface area contributed by atoms with Crippen molar-refractivity contribution in [3.8, 4) is 5.75 Å². The van der Waals surface area contributed by atoms with Crippen molar-refractivity contribution in [1.82, 2.24) is 0 Å². The van der Waals surface area contributed by atoms with Gasteiger partial charge in [-0.05, 0) is 30.5 Å². The summed E-state index contributed by atoms with van der Waals surface area (Å²) in [5, 5.41) is 0.997. The second-order valence-electron chi connectivity index (χ2n) is 4.46. The summed E-state index contributed by atoms with van der Waals surface area (Å²) < 4.78 is 10.8. The van der Waals surface area contributed by atoms with Crippen LogP contribution >= 0.6 is 15.9 Å². The normalized spacial score (nSPS) is 24.6. The summed E-state index contributed by atoms with van der Waals surface area (Å²) >= 11 is 3.62. The Hall–Kier alpha value is -0.540. The molecular formula is C13H17BrO2. The summed E-state index contributed by atoms with van der Waals surface area (Å²) in [6.07, 6.45) is 2.19. The van der Waals surface area contributed by atoms with Crippen molar-refractivity contribution >= 4 is 15.9 Å². The SMILES string of the molecule is COc1cccc(CC2(CBr)CCOC2)c1. The Morgan fingerprint density at radius 1 is 1.50 bits per heavy atom. The van der Waals surface area contributed by atoms with Gasteiger partial charge in [0.1, 0.15) is 5.75 Å². The van der Waals surface area contributed by atoms with Crippen molar-refractivity contribution in [3.63, 3.8) is 0 Å². The van der Waals surface area contributed by atoms with Gasteiger partial charge in [0.25, 0.3) is 0 Å². The first-order valence-corrected chi connectivity index (χ1v) is 6.67. The summed E-state index contributed by atoms with van der Waals surface area (Å²) in [6, 6.07) is 8.30. The van der Waals surface area contributed by atoms with E-state index in [2.05, 4.69) is 28.1 Å². The first kappa shape index (κ1) is 11.9. The molecule has 0 aliphatic carbocycles. The molecule has 1 atom stereocenters. The molecule has 16 heavy (non-hydrogen) atoms. The molecule has 2 nitrogen and oxygen atoms in total. The van der Waals surface area contributed by atoms with Gasteiger partial charge in [0.05, 0.1) is 13.7 Å². The maximum atomic E-state index is 5.52. The highest BCUT2D eigenvalue weighted by Gasteiger charge is 2.33. The third-order valence-corrected chi connectivity index (χ3v) is 4.37. The third-order valence-electron chi connectivity index (χ3n) is 3.18. The fraction of sp³-hybridized carbons (Fsp3) is 0.538. The molecule has 0 bridgehead atoms. The number of ether oxygens (including phenoxy) is 2. The lowest BCUT2D eigenvalue weighted by atomic mass is 9.83. The van der Waals surface area contributed by atoms with Crippen LogP contribution in [-0.2, 0) is 11.2 Å². The van der Waals surface area contributed by atoms with E-state index in [9.17, 15) is 0 Å². The minimum absolute atomic E-state index is 0.270. The van der Waals surface area contributed by atoms with Gasteiger partial charge in [-0.3, -0.25) is 0 Å². The van der Waals surface area contributed by atoms with Gasteiger partial charge in [0.15, 0.2) is 0 Å². The summed E-state index contributed by atoms with van der Waals surface area (Å²) in [5.74, 6) is 0.932. The van der Waals surface area contributed by atoms with Crippen molar-refractivity contribution in [2.75, 3.05) is 25.7 Å². The zero-order valence-electron chi connectivity index (χ0n) is 9.54. The van der Waals surface area contributed by atoms with Gasteiger partial charge in [0.2, 0.25) is 0 Å². The average Bonchev–Trinajstić information content (AvgIpc) is 2.78. The number of methoxy groups -OCH3 is 1. The topological polar surface area (TPSA) is 18.5 Å². The Labute approximate surface area is 105 Å². The Morgan fingerprint density at radius 2 is 2.38 bits per heavy atom. The Balaban J connectivity index is 2.12. The lowest BCUT2D eigenvalue weighted by molar-refractivity contribution is 0.162. The quantitative estimate of drug-likeness (QED) is 0.792. The number of alkyl halides is 1. The summed E-state index contributed by atoms with van der Waals surface area (Å²) in [4.78, 5) is 0. The molecule has 1 fully saturated rings. The van der Waals surface area contributed by atoms with Crippen LogP contribution in [0, 0.1) is 5.41 Å². The standard InChI is InChI=1S/C13H17BrO2/c1-15-12-4-2-3-11(7-12)8-13(9-14)5-6-16-10-13/h2-4,7H,5-6,8-10H2,1H3. The van der Waals surface area contributed by atoms with Crippen LogP contribution in [0.25, 0.3) is 0 Å². The first-order chi connectivity index (χ1) is 7.78. The van der Waals surface area contributed by atoms with E-state index >= 15 is 0 Å². The number of benzene rings is 1. The van der Waals surface area contributed by atoms with Crippen LogP contribution in [0.5, 0.6) is 5.75 Å². The fourth-order valence-electron chi connectivity index (χ4n) is 2.16. The van der Waals surface area contributed by atoms with Crippen LogP contribution < -0.4 is 4.74 Å². The van der Waals surface area contributed by atoms with Crippen molar-refractivity contribution in [3.05, 3.63) is 29.8 Å². The van der Waals surface area contributed by atoms with Gasteiger partial charge in [-0.15, -0.1) is 0 Å². The van der Waals surface area contributed by atoms with E-state index in [1.54, 1.807) is 7.11 Å². The molecule has 2 rings (SSSR count). The fourth-order valence-corrected chi connectivity index (χ4v) is 2.80. The molecule has 0 N–H and O–H groups in total. The van der Waals surface area contributed by atoms with Gasteiger partial charge >= 0.3 is 0 Å². The minimum atomic E-state index is 0.270. The summed E-state index contributed by atoms with van der Waals surface area (Å²) in [5.41, 5.74) is 1.59. The monoisotopic (exact) mass is 284 g/mol. The maximum Gasteiger partial charge on any atom is 0.119 e. The largest absolute Gasteiger partial charge is 0.497 e. The molecule has 1 aromatic carbocycles. The molecule has 1 saturated heterocycles. The molecule has 1 unspecified atom stereocenters. The van der Waals surface area contributed by atoms with Crippen LogP contribution in [-0.4, -0.2) is 25.7 Å². The molecule has 1 aromatic rings. The molecule has 0 spiro atoms. The molecule has 1 aliphatic rings. The van der Waals surface area contributed by atoms with Gasteiger partial charge in [-0.25, -0.2) is 0 Å². The molecule has 88 valence electrons. The Kier molecular flexibility index (Phi) is 3.87. The molecular weight excluding hydrogens is 268 g/mol. The van der Waals surface area contributed by atoms with E-state index in [0.717, 1.165) is 37.1 Å². The van der Waals surface area contributed by atoms with E-state index in [1.165, 1.54) is 5.56 Å². The van der Waals surface area contributed by atoms with Crippen molar-refractivity contribution in [2.45, 2.75) is 12.8 Å². The van der Waals surface area contributed by atoms with Crippen LogP contribution in [0.15, 0.2) is 24.3 Å². The maximum absolute atomic E-state index is 5.52. The smallest absolute Gasteiger partial charge is 0.119 e. The summed E-state index contributed by atoms with van der Waals surface area (Å²) in [7, 11) is 1.71. The zero-order valence-corrected chi connectivity index (χ0v) is 11.1. The van der Waals surface area contributed by atoms with E-state index < -0.39 is 0 Å². The lowest BCUT2D eigenvalue weighted by Crippen LogP contribution is -2.25. The minimum Gasteiger partial charge on any atom is -0.497 e. The second kappa shape index (κ2) is 5.19. The highest BCUT2D eigenvalue weighted by Crippen LogP contribution is 2.35. The lowest BCUT2D eigenvalue weighted by Gasteiger charge is -2.24. The first-order valence-electron chi connectivity index (χ1n) is 5.55. The van der Waals surface area contributed by atoms with E-state index in [4.69, 9.17) is 9.47 Å². The molecule has 0 amide bonds. The zero-order chi connectivity index (χ0) is 11.4. The molecule has 3 heteroatoms. The van der Waals surface area contributed by atoms with Crippen LogP contribution in [0.4, 0.5) is 0 Å². The van der Waals surface area contributed by atoms with Crippen molar-refractivity contribution in [1.29, 1.82) is 0 Å².